The normalized spacial score (nSPS) is 42.4. The van der Waals surface area contributed by atoms with E-state index in [-0.39, 0.29) is 29.7 Å². The number of nitrogens with zero attached hydrogens (tertiary/aromatic N) is 1. The predicted molar refractivity (Wildman–Crippen MR) is 105 cm³/mol. The Bertz CT molecular complexity index is 1020. The Morgan fingerprint density at radius 3 is 2.80 bits per heavy atom. The minimum absolute atomic E-state index is 0.109. The summed E-state index contributed by atoms with van der Waals surface area (Å²) in [6.45, 7) is 0.338. The van der Waals surface area contributed by atoms with E-state index >= 15 is 0 Å². The minimum Gasteiger partial charge on any atom is -0.408 e. The third-order valence-corrected chi connectivity index (χ3v) is 9.29. The first-order valence-corrected chi connectivity index (χ1v) is 11.2. The lowest BCUT2D eigenvalue weighted by atomic mass is 9.35. The molecule has 1 spiro atoms. The Balaban J connectivity index is 1.13. The highest BCUT2D eigenvalue weighted by Crippen LogP contribution is 2.82. The molecule has 1 saturated heterocycles. The van der Waals surface area contributed by atoms with Gasteiger partial charge in [0.25, 0.3) is 5.91 Å². The first-order valence-electron chi connectivity index (χ1n) is 11.2. The quantitative estimate of drug-likeness (QED) is 0.588. The second-order valence-electron chi connectivity index (χ2n) is 10.4. The summed E-state index contributed by atoms with van der Waals surface area (Å²) in [4.78, 5) is 44.6. The Morgan fingerprint density at radius 1 is 1.10 bits per heavy atom. The van der Waals surface area contributed by atoms with E-state index in [9.17, 15) is 14.4 Å². The van der Waals surface area contributed by atoms with Crippen LogP contribution in [0.5, 0.6) is 5.75 Å². The summed E-state index contributed by atoms with van der Waals surface area (Å²) in [6.07, 6.45) is 7.19. The number of hydroxylamine groups is 1. The van der Waals surface area contributed by atoms with Crippen molar-refractivity contribution < 1.29 is 19.2 Å². The van der Waals surface area contributed by atoms with E-state index in [1.54, 1.807) is 11.0 Å². The molecular weight excluding hydrogens is 382 g/mol. The number of piperidine rings is 1. The van der Waals surface area contributed by atoms with Gasteiger partial charge < -0.3 is 9.74 Å². The van der Waals surface area contributed by atoms with Crippen LogP contribution in [0, 0.1) is 23.2 Å². The molecule has 6 unspecified atom stereocenters. The molecule has 0 aromatic heterocycles. The fourth-order valence-electron chi connectivity index (χ4n) is 8.17. The molecule has 7 rings (SSSR count). The molecule has 2 heterocycles. The molecule has 5 fully saturated rings. The van der Waals surface area contributed by atoms with Crippen LogP contribution in [-0.4, -0.2) is 34.2 Å². The number of amides is 3. The summed E-state index contributed by atoms with van der Waals surface area (Å²) >= 11 is 0. The summed E-state index contributed by atoms with van der Waals surface area (Å²) in [5.41, 5.74) is 5.49. The number of hydrogen-bond acceptors (Lipinski definition) is 5. The molecule has 2 bridgehead atoms. The molecule has 7 nitrogen and oxygen atoms in total. The molecule has 2 aliphatic heterocycles. The van der Waals surface area contributed by atoms with Crippen LogP contribution < -0.4 is 15.6 Å². The van der Waals surface area contributed by atoms with Crippen molar-refractivity contribution in [3.8, 4) is 5.75 Å². The van der Waals surface area contributed by atoms with E-state index in [2.05, 4.69) is 10.8 Å². The summed E-state index contributed by atoms with van der Waals surface area (Å²) < 4.78 is 0. The largest absolute Gasteiger partial charge is 0.408 e. The Kier molecular flexibility index (Phi) is 3.13. The van der Waals surface area contributed by atoms with E-state index in [0.29, 0.717) is 29.7 Å². The standard InChI is InChI=1S/C23H25N3O4/c27-19-5-4-17(20(28)24-19)26-11-16-15(21(26)29)2-1-3-18(16)30-25-22-8-12-6-13-7-14(10-22)23(13,22)9-12/h1-3,12-14,17,25H,4-11H2,(H,24,27,28). The van der Waals surface area contributed by atoms with E-state index < -0.39 is 6.04 Å². The first-order chi connectivity index (χ1) is 14.5. The van der Waals surface area contributed by atoms with Crippen molar-refractivity contribution in [1.29, 1.82) is 0 Å². The van der Waals surface area contributed by atoms with Gasteiger partial charge in [-0.25, -0.2) is 0 Å². The van der Waals surface area contributed by atoms with Gasteiger partial charge in [0.2, 0.25) is 11.8 Å². The maximum Gasteiger partial charge on any atom is 0.255 e. The molecule has 7 heteroatoms. The lowest BCUT2D eigenvalue weighted by Gasteiger charge is -2.72. The van der Waals surface area contributed by atoms with Crippen LogP contribution in [0.4, 0.5) is 0 Å². The topological polar surface area (TPSA) is 87.7 Å². The van der Waals surface area contributed by atoms with Crippen molar-refractivity contribution in [2.24, 2.45) is 23.2 Å². The van der Waals surface area contributed by atoms with Gasteiger partial charge in [-0.15, -0.1) is 0 Å². The lowest BCUT2D eigenvalue weighted by Crippen LogP contribution is -2.76. The van der Waals surface area contributed by atoms with Crippen molar-refractivity contribution in [2.45, 2.75) is 63.1 Å². The van der Waals surface area contributed by atoms with E-state index in [1.807, 2.05) is 12.1 Å². The summed E-state index contributed by atoms with van der Waals surface area (Å²) in [6, 6.07) is 4.94. The molecule has 0 radical (unpaired) electrons. The first kappa shape index (κ1) is 17.3. The van der Waals surface area contributed by atoms with Crippen LogP contribution in [0.3, 0.4) is 0 Å². The average molecular weight is 407 g/mol. The number of fused-ring (bicyclic) bond motifs is 2. The number of benzene rings is 1. The molecule has 6 aliphatic rings. The van der Waals surface area contributed by atoms with Gasteiger partial charge in [-0.05, 0) is 73.8 Å². The van der Waals surface area contributed by atoms with E-state index in [4.69, 9.17) is 4.84 Å². The van der Waals surface area contributed by atoms with Crippen molar-refractivity contribution in [3.05, 3.63) is 29.3 Å². The molecule has 4 aliphatic carbocycles. The highest BCUT2D eigenvalue weighted by Gasteiger charge is 2.81. The number of carbonyl (C=O) groups is 3. The van der Waals surface area contributed by atoms with Gasteiger partial charge in [-0.1, -0.05) is 6.07 Å². The van der Waals surface area contributed by atoms with Crippen LogP contribution in [0.25, 0.3) is 0 Å². The van der Waals surface area contributed by atoms with Crippen molar-refractivity contribution in [3.63, 3.8) is 0 Å². The summed E-state index contributed by atoms with van der Waals surface area (Å²) in [7, 11) is 0. The molecule has 2 N–H and O–H groups in total. The monoisotopic (exact) mass is 407 g/mol. The van der Waals surface area contributed by atoms with E-state index in [1.165, 1.54) is 32.1 Å². The average Bonchev–Trinajstić information content (AvgIpc) is 3.32. The molecule has 3 amide bonds. The lowest BCUT2D eigenvalue weighted by molar-refractivity contribution is -0.232. The van der Waals surface area contributed by atoms with Gasteiger partial charge in [-0.2, -0.15) is 5.48 Å². The molecule has 1 aromatic rings. The molecular formula is C23H25N3O4. The minimum atomic E-state index is -0.602. The summed E-state index contributed by atoms with van der Waals surface area (Å²) in [5.74, 6) is 2.45. The van der Waals surface area contributed by atoms with Gasteiger partial charge in [0.15, 0.2) is 5.75 Å². The number of imide groups is 1. The molecule has 156 valence electrons. The van der Waals surface area contributed by atoms with Gasteiger partial charge in [0, 0.05) is 17.5 Å². The van der Waals surface area contributed by atoms with Crippen molar-refractivity contribution >= 4 is 17.7 Å². The second-order valence-corrected chi connectivity index (χ2v) is 10.4. The number of carbonyl (C=O) groups excluding carboxylic acids is 3. The van der Waals surface area contributed by atoms with Crippen LogP contribution in [0.15, 0.2) is 18.2 Å². The zero-order valence-corrected chi connectivity index (χ0v) is 16.8. The molecule has 1 aromatic carbocycles. The zero-order valence-electron chi connectivity index (χ0n) is 16.8. The SMILES string of the molecule is O=C1CCC(N2Cc3c(ONC45CC6CC7CC(C4)C75C6)cccc3C2=O)C(=O)N1. The number of hydrogen-bond donors (Lipinski definition) is 2. The molecule has 6 atom stereocenters. The molecule has 4 saturated carbocycles. The van der Waals surface area contributed by atoms with E-state index in [0.717, 1.165) is 23.3 Å². The maximum absolute atomic E-state index is 13.0. The van der Waals surface area contributed by atoms with Gasteiger partial charge in [0.1, 0.15) is 6.04 Å². The van der Waals surface area contributed by atoms with Gasteiger partial charge in [-0.3, -0.25) is 19.7 Å². The number of nitrogens with one attached hydrogen (secondary N) is 2. The zero-order chi connectivity index (χ0) is 20.3. The van der Waals surface area contributed by atoms with Crippen LogP contribution in [-0.2, 0) is 16.1 Å². The Morgan fingerprint density at radius 2 is 2.00 bits per heavy atom. The highest BCUT2D eigenvalue weighted by molar-refractivity contribution is 6.05. The Labute approximate surface area is 174 Å². The molecule has 30 heavy (non-hydrogen) atoms. The van der Waals surface area contributed by atoms with Gasteiger partial charge >= 0.3 is 0 Å². The van der Waals surface area contributed by atoms with Gasteiger partial charge in [0.05, 0.1) is 12.1 Å². The maximum atomic E-state index is 13.0. The fraction of sp³-hybridized carbons (Fsp3) is 0.609. The third kappa shape index (κ3) is 1.89. The van der Waals surface area contributed by atoms with Crippen molar-refractivity contribution in [1.82, 2.24) is 15.7 Å². The summed E-state index contributed by atoms with van der Waals surface area (Å²) in [5, 5.41) is 2.36. The second kappa shape index (κ2) is 5.44. The Hall–Kier alpha value is -2.41. The van der Waals surface area contributed by atoms with Crippen LogP contribution in [0.2, 0.25) is 0 Å². The highest BCUT2D eigenvalue weighted by atomic mass is 16.7. The fourth-order valence-corrected chi connectivity index (χ4v) is 8.17. The van der Waals surface area contributed by atoms with Crippen molar-refractivity contribution in [2.75, 3.05) is 0 Å². The predicted octanol–water partition coefficient (Wildman–Crippen LogP) is 1.91. The smallest absolute Gasteiger partial charge is 0.255 e. The van der Waals surface area contributed by atoms with Crippen LogP contribution in [0.1, 0.15) is 60.9 Å². The van der Waals surface area contributed by atoms with Crippen LogP contribution >= 0.6 is 0 Å². The third-order valence-electron chi connectivity index (χ3n) is 9.29. The number of rotatable bonds is 4.